The van der Waals surface area contributed by atoms with E-state index in [1.54, 1.807) is 11.3 Å². The Morgan fingerprint density at radius 3 is 2.19 bits per heavy atom. The van der Waals surface area contributed by atoms with E-state index in [4.69, 9.17) is 16.6 Å². The summed E-state index contributed by atoms with van der Waals surface area (Å²) in [5, 5.41) is 9.78. The number of nitrogens with zero attached hydrogens (tertiary/aromatic N) is 2. The van der Waals surface area contributed by atoms with Crippen LogP contribution in [0.2, 0.25) is 0 Å². The average molecular weight is 446 g/mol. The van der Waals surface area contributed by atoms with Gasteiger partial charge >= 0.3 is 6.18 Å². The molecule has 1 aromatic heterocycles. The van der Waals surface area contributed by atoms with E-state index in [0.29, 0.717) is 6.07 Å². The maximum atomic E-state index is 12.0. The molecule has 4 aromatic rings. The van der Waals surface area contributed by atoms with Gasteiger partial charge in [-0.05, 0) is 60.7 Å². The van der Waals surface area contributed by atoms with Crippen molar-refractivity contribution in [3.63, 3.8) is 0 Å². The van der Waals surface area contributed by atoms with E-state index in [9.17, 15) is 13.2 Å². The van der Waals surface area contributed by atoms with Crippen LogP contribution >= 0.6 is 11.3 Å². The Balaban J connectivity index is 0.000000196. The predicted octanol–water partition coefficient (Wildman–Crippen LogP) is 5.60. The Kier molecular flexibility index (Phi) is 6.26. The first-order chi connectivity index (χ1) is 14.5. The van der Waals surface area contributed by atoms with Crippen molar-refractivity contribution in [2.75, 3.05) is 30.5 Å². The molecule has 0 aliphatic carbocycles. The zero-order valence-electron chi connectivity index (χ0n) is 16.8. The van der Waals surface area contributed by atoms with Gasteiger partial charge in [-0.3, -0.25) is 0 Å². The summed E-state index contributed by atoms with van der Waals surface area (Å²) in [6.07, 6.45) is -4.51. The lowest BCUT2D eigenvalue weighted by Crippen LogP contribution is -2.08. The Morgan fingerprint density at radius 2 is 1.61 bits per heavy atom. The number of alkyl halides is 3. The van der Waals surface area contributed by atoms with Crippen molar-refractivity contribution in [3.8, 4) is 16.3 Å². The molecule has 5 N–H and O–H groups in total. The van der Waals surface area contributed by atoms with Gasteiger partial charge < -0.3 is 21.5 Å². The van der Waals surface area contributed by atoms with Crippen LogP contribution in [0.25, 0.3) is 20.8 Å². The van der Waals surface area contributed by atoms with Crippen LogP contribution in [0.15, 0.2) is 60.7 Å². The summed E-state index contributed by atoms with van der Waals surface area (Å²) >= 11 is 1.71. The van der Waals surface area contributed by atoms with Gasteiger partial charge in [0.05, 0.1) is 15.8 Å². The summed E-state index contributed by atoms with van der Waals surface area (Å²) in [4.78, 5) is 6.77. The monoisotopic (exact) mass is 446 g/mol. The summed E-state index contributed by atoms with van der Waals surface area (Å²) in [5.74, 6) is -0.448. The van der Waals surface area contributed by atoms with Gasteiger partial charge in [-0.1, -0.05) is 0 Å². The van der Waals surface area contributed by atoms with E-state index in [0.717, 1.165) is 33.9 Å². The van der Waals surface area contributed by atoms with Gasteiger partial charge in [0.25, 0.3) is 0 Å². The highest BCUT2D eigenvalue weighted by atomic mass is 32.1. The molecule has 31 heavy (non-hydrogen) atoms. The molecule has 9 heteroatoms. The number of phenolic OH excluding ortho intramolecular Hbond substituents is 1. The number of aromatic hydroxyl groups is 1. The molecule has 0 fully saturated rings. The molecular formula is C22H21F3N4OS. The third-order valence-corrected chi connectivity index (χ3v) is 5.46. The average Bonchev–Trinajstić information content (AvgIpc) is 3.13. The third kappa shape index (κ3) is 5.37. The zero-order valence-corrected chi connectivity index (χ0v) is 17.6. The molecule has 0 saturated carbocycles. The maximum Gasteiger partial charge on any atom is 0.418 e. The molecule has 0 amide bonds. The van der Waals surface area contributed by atoms with Gasteiger partial charge in [0.2, 0.25) is 0 Å². The van der Waals surface area contributed by atoms with Gasteiger partial charge in [0.1, 0.15) is 10.8 Å². The first-order valence-corrected chi connectivity index (χ1v) is 9.96. The second-order valence-electron chi connectivity index (χ2n) is 6.96. The number of hydrogen-bond donors (Lipinski definition) is 3. The Bertz CT molecular complexity index is 1190. The van der Waals surface area contributed by atoms with Crippen LogP contribution in [0.4, 0.5) is 30.2 Å². The van der Waals surface area contributed by atoms with E-state index >= 15 is 0 Å². The zero-order chi connectivity index (χ0) is 22.8. The van der Waals surface area contributed by atoms with Gasteiger partial charge in [0.15, 0.2) is 0 Å². The minimum absolute atomic E-state index is 0.389. The highest BCUT2D eigenvalue weighted by molar-refractivity contribution is 7.21. The number of fused-ring (bicyclic) bond motifs is 1. The molecule has 0 saturated heterocycles. The molecule has 162 valence electrons. The molecule has 0 radical (unpaired) electrons. The normalized spacial score (nSPS) is 11.1. The molecule has 0 unspecified atom stereocenters. The fourth-order valence-corrected chi connectivity index (χ4v) is 3.73. The lowest BCUT2D eigenvalue weighted by Gasteiger charge is -2.11. The summed E-state index contributed by atoms with van der Waals surface area (Å²) < 4.78 is 37.3. The molecule has 5 nitrogen and oxygen atoms in total. The molecular weight excluding hydrogens is 425 g/mol. The van der Waals surface area contributed by atoms with Crippen molar-refractivity contribution in [2.45, 2.75) is 6.18 Å². The second kappa shape index (κ2) is 8.73. The summed E-state index contributed by atoms with van der Waals surface area (Å²) in [6.45, 7) is 0. The van der Waals surface area contributed by atoms with E-state index in [1.807, 2.05) is 38.4 Å². The summed E-state index contributed by atoms with van der Waals surface area (Å²) in [7, 11) is 4.09. The Morgan fingerprint density at radius 1 is 0.935 bits per heavy atom. The molecule has 0 atom stereocenters. The quantitative estimate of drug-likeness (QED) is 0.275. The SMILES string of the molecule is CN(C)c1ccc2nc(-c3ccc(N)cc3)sc2c1.Nc1ccc(O)cc1C(F)(F)F. The van der Waals surface area contributed by atoms with Crippen molar-refractivity contribution in [3.05, 3.63) is 66.2 Å². The van der Waals surface area contributed by atoms with Crippen LogP contribution in [-0.4, -0.2) is 24.2 Å². The van der Waals surface area contributed by atoms with Gasteiger partial charge in [-0.25, -0.2) is 4.98 Å². The predicted molar refractivity (Wildman–Crippen MR) is 121 cm³/mol. The molecule has 3 aromatic carbocycles. The number of phenols is 1. The number of nitrogens with two attached hydrogens (primary N) is 2. The second-order valence-corrected chi connectivity index (χ2v) is 7.99. The highest BCUT2D eigenvalue weighted by Crippen LogP contribution is 2.35. The maximum absolute atomic E-state index is 12.0. The summed E-state index contributed by atoms with van der Waals surface area (Å²) in [6, 6.07) is 16.9. The largest absolute Gasteiger partial charge is 0.508 e. The number of halogens is 3. The van der Waals surface area contributed by atoms with Crippen molar-refractivity contribution in [1.82, 2.24) is 4.98 Å². The van der Waals surface area contributed by atoms with Crippen molar-refractivity contribution in [2.24, 2.45) is 0 Å². The fourth-order valence-electron chi connectivity index (χ4n) is 2.73. The van der Waals surface area contributed by atoms with E-state index in [1.165, 1.54) is 10.4 Å². The van der Waals surface area contributed by atoms with Gasteiger partial charge in [0, 0.05) is 36.7 Å². The first-order valence-electron chi connectivity index (χ1n) is 9.14. The van der Waals surface area contributed by atoms with Crippen LogP contribution in [0, 0.1) is 0 Å². The number of anilines is 3. The van der Waals surface area contributed by atoms with E-state index < -0.39 is 17.5 Å². The number of hydrogen-bond acceptors (Lipinski definition) is 6. The smallest absolute Gasteiger partial charge is 0.418 e. The molecule has 0 aliphatic heterocycles. The van der Waals surface area contributed by atoms with Gasteiger partial charge in [-0.15, -0.1) is 11.3 Å². The Labute approximate surface area is 181 Å². The number of thiazole rings is 1. The van der Waals surface area contributed by atoms with E-state index in [-0.39, 0.29) is 5.69 Å². The van der Waals surface area contributed by atoms with Crippen LogP contribution in [0.1, 0.15) is 5.56 Å². The van der Waals surface area contributed by atoms with Gasteiger partial charge in [-0.2, -0.15) is 13.2 Å². The first kappa shape index (κ1) is 22.2. The fraction of sp³-hybridized carbons (Fsp3) is 0.136. The van der Waals surface area contributed by atoms with Crippen LogP contribution < -0.4 is 16.4 Å². The number of rotatable bonds is 2. The topological polar surface area (TPSA) is 88.4 Å². The standard InChI is InChI=1S/C15H15N3S.C7H6F3NO/c1-18(2)12-7-8-13-14(9-12)19-15(17-13)10-3-5-11(16)6-4-10;8-7(9,10)5-3-4(12)1-2-6(5)11/h3-9H,16H2,1-2H3;1-3,12H,11H2. The molecule has 0 aliphatic rings. The third-order valence-electron chi connectivity index (χ3n) is 4.39. The van der Waals surface area contributed by atoms with Crippen molar-refractivity contribution in [1.29, 1.82) is 0 Å². The minimum atomic E-state index is -4.51. The van der Waals surface area contributed by atoms with Crippen molar-refractivity contribution < 1.29 is 18.3 Å². The molecule has 0 spiro atoms. The summed E-state index contributed by atoms with van der Waals surface area (Å²) in [5.41, 5.74) is 13.5. The Hall–Kier alpha value is -3.46. The molecule has 4 rings (SSSR count). The van der Waals surface area contributed by atoms with Crippen molar-refractivity contribution >= 4 is 38.6 Å². The number of benzene rings is 3. The van der Waals surface area contributed by atoms with E-state index in [2.05, 4.69) is 28.1 Å². The number of nitrogen functional groups attached to an aromatic ring is 2. The van der Waals surface area contributed by atoms with Crippen LogP contribution in [0.3, 0.4) is 0 Å². The lowest BCUT2D eigenvalue weighted by atomic mass is 10.1. The minimum Gasteiger partial charge on any atom is -0.508 e. The van der Waals surface area contributed by atoms with Crippen LogP contribution in [-0.2, 0) is 6.18 Å². The highest BCUT2D eigenvalue weighted by Gasteiger charge is 2.33. The van der Waals surface area contributed by atoms with Crippen LogP contribution in [0.5, 0.6) is 5.75 Å². The number of aromatic nitrogens is 1. The molecule has 1 heterocycles. The lowest BCUT2D eigenvalue weighted by molar-refractivity contribution is -0.137. The molecule has 0 bridgehead atoms.